The molecule has 2 N–H and O–H groups in total. The molecule has 0 spiro atoms. The summed E-state index contributed by atoms with van der Waals surface area (Å²) in [6.07, 6.45) is 1.71. The number of piperazine rings is 1. The van der Waals surface area contributed by atoms with Gasteiger partial charge in [-0.15, -0.1) is 0 Å². The third-order valence-corrected chi connectivity index (χ3v) is 5.57. The number of nitrogens with zero attached hydrogens (tertiary/aromatic N) is 1. The van der Waals surface area contributed by atoms with Crippen LogP contribution in [0.2, 0.25) is 0 Å². The maximum absolute atomic E-state index is 14.0. The fraction of sp³-hybridized carbons (Fsp3) is 0.364. The van der Waals surface area contributed by atoms with Crippen molar-refractivity contribution in [1.82, 2.24) is 15.5 Å². The third kappa shape index (κ3) is 4.07. The van der Waals surface area contributed by atoms with Crippen molar-refractivity contribution in [2.75, 3.05) is 13.1 Å². The predicted molar refractivity (Wildman–Crippen MR) is 104 cm³/mol. The van der Waals surface area contributed by atoms with Gasteiger partial charge in [-0.3, -0.25) is 14.5 Å². The molecule has 1 fully saturated rings. The molecule has 1 atom stereocenters. The van der Waals surface area contributed by atoms with Gasteiger partial charge in [0.2, 0.25) is 11.8 Å². The molecule has 1 heterocycles. The Kier molecular flexibility index (Phi) is 5.39. The number of benzene rings is 2. The van der Waals surface area contributed by atoms with E-state index in [0.717, 1.165) is 12.8 Å². The van der Waals surface area contributed by atoms with E-state index in [-0.39, 0.29) is 30.1 Å². The molecule has 0 radical (unpaired) electrons. The van der Waals surface area contributed by atoms with E-state index in [9.17, 15) is 14.0 Å². The number of carbonyl (C=O) groups excluding carboxylic acids is 2. The van der Waals surface area contributed by atoms with Crippen molar-refractivity contribution in [2.24, 2.45) is 0 Å². The van der Waals surface area contributed by atoms with Crippen LogP contribution in [0.4, 0.5) is 4.39 Å². The van der Waals surface area contributed by atoms with Gasteiger partial charge in [0.25, 0.3) is 0 Å². The maximum Gasteiger partial charge on any atom is 0.237 e. The zero-order chi connectivity index (χ0) is 19.5. The number of fused-ring (bicyclic) bond motifs is 1. The smallest absolute Gasteiger partial charge is 0.237 e. The van der Waals surface area contributed by atoms with Crippen molar-refractivity contribution < 1.29 is 14.0 Å². The van der Waals surface area contributed by atoms with Crippen LogP contribution in [-0.4, -0.2) is 41.9 Å². The average molecular weight is 381 g/mol. The number of rotatable bonds is 5. The Morgan fingerprint density at radius 2 is 1.79 bits per heavy atom. The van der Waals surface area contributed by atoms with Gasteiger partial charge in [-0.2, -0.15) is 0 Å². The van der Waals surface area contributed by atoms with Gasteiger partial charge in [0, 0.05) is 31.2 Å². The summed E-state index contributed by atoms with van der Waals surface area (Å²) in [5.74, 6) is -0.605. The molecule has 0 bridgehead atoms. The molecule has 28 heavy (non-hydrogen) atoms. The average Bonchev–Trinajstić information content (AvgIpc) is 3.08. The summed E-state index contributed by atoms with van der Waals surface area (Å²) in [4.78, 5) is 26.9. The first-order chi connectivity index (χ1) is 13.6. The van der Waals surface area contributed by atoms with Gasteiger partial charge in [-0.1, -0.05) is 42.5 Å². The number of halogens is 1. The highest BCUT2D eigenvalue weighted by molar-refractivity contribution is 5.89. The molecule has 0 aromatic heterocycles. The van der Waals surface area contributed by atoms with Crippen LogP contribution in [-0.2, 0) is 29.0 Å². The van der Waals surface area contributed by atoms with E-state index in [2.05, 4.69) is 22.8 Å². The SMILES string of the molecule is O=C(CC1C(=O)NCCN1Cc1ccccc1F)NC1Cc2ccccc2C1. The van der Waals surface area contributed by atoms with Crippen molar-refractivity contribution in [1.29, 1.82) is 0 Å². The number of amides is 2. The van der Waals surface area contributed by atoms with Gasteiger partial charge in [0.05, 0.1) is 12.5 Å². The van der Waals surface area contributed by atoms with Gasteiger partial charge in [0.15, 0.2) is 0 Å². The van der Waals surface area contributed by atoms with Crippen LogP contribution in [0, 0.1) is 5.82 Å². The molecule has 6 heteroatoms. The van der Waals surface area contributed by atoms with Crippen molar-refractivity contribution in [3.05, 3.63) is 71.0 Å². The summed E-state index contributed by atoms with van der Waals surface area (Å²) >= 11 is 0. The Hall–Kier alpha value is -2.73. The molecule has 2 aliphatic rings. The second-order valence-electron chi connectivity index (χ2n) is 7.51. The number of hydrogen-bond donors (Lipinski definition) is 2. The van der Waals surface area contributed by atoms with Crippen LogP contribution in [0.1, 0.15) is 23.1 Å². The molecule has 0 saturated carbocycles. The molecular formula is C22H24FN3O2. The van der Waals surface area contributed by atoms with Crippen LogP contribution in [0.25, 0.3) is 0 Å². The fourth-order valence-corrected chi connectivity index (χ4v) is 4.14. The molecule has 1 aliphatic heterocycles. The Bertz CT molecular complexity index is 861. The lowest BCUT2D eigenvalue weighted by Gasteiger charge is -2.35. The molecular weight excluding hydrogens is 357 g/mol. The Labute approximate surface area is 163 Å². The first-order valence-corrected chi connectivity index (χ1v) is 9.71. The zero-order valence-corrected chi connectivity index (χ0v) is 15.7. The minimum absolute atomic E-state index is 0.0663. The molecule has 5 nitrogen and oxygen atoms in total. The van der Waals surface area contributed by atoms with E-state index in [1.54, 1.807) is 18.2 Å². The van der Waals surface area contributed by atoms with E-state index in [0.29, 0.717) is 25.2 Å². The molecule has 1 aliphatic carbocycles. The molecule has 2 amide bonds. The summed E-state index contributed by atoms with van der Waals surface area (Å²) < 4.78 is 14.0. The van der Waals surface area contributed by atoms with Gasteiger partial charge < -0.3 is 10.6 Å². The summed E-state index contributed by atoms with van der Waals surface area (Å²) in [6.45, 7) is 1.41. The fourth-order valence-electron chi connectivity index (χ4n) is 4.14. The first-order valence-electron chi connectivity index (χ1n) is 9.71. The Morgan fingerprint density at radius 1 is 1.11 bits per heavy atom. The summed E-state index contributed by atoms with van der Waals surface area (Å²) in [7, 11) is 0. The molecule has 146 valence electrons. The second kappa shape index (κ2) is 8.10. The quantitative estimate of drug-likeness (QED) is 0.830. The van der Waals surface area contributed by atoms with E-state index in [1.165, 1.54) is 17.2 Å². The molecule has 4 rings (SSSR count). The highest BCUT2D eigenvalue weighted by Crippen LogP contribution is 2.22. The lowest BCUT2D eigenvalue weighted by molar-refractivity contribution is -0.134. The second-order valence-corrected chi connectivity index (χ2v) is 7.51. The summed E-state index contributed by atoms with van der Waals surface area (Å²) in [5, 5.41) is 5.89. The van der Waals surface area contributed by atoms with E-state index in [1.807, 2.05) is 17.0 Å². The number of hydrogen-bond acceptors (Lipinski definition) is 3. The third-order valence-electron chi connectivity index (χ3n) is 5.57. The Balaban J connectivity index is 1.39. The summed E-state index contributed by atoms with van der Waals surface area (Å²) in [5.41, 5.74) is 3.07. The largest absolute Gasteiger partial charge is 0.353 e. The van der Waals surface area contributed by atoms with Crippen molar-refractivity contribution in [3.8, 4) is 0 Å². The highest BCUT2D eigenvalue weighted by atomic mass is 19.1. The predicted octanol–water partition coefficient (Wildman–Crippen LogP) is 1.80. The minimum atomic E-state index is -0.586. The van der Waals surface area contributed by atoms with Crippen LogP contribution in [0.5, 0.6) is 0 Å². The Morgan fingerprint density at radius 3 is 2.50 bits per heavy atom. The maximum atomic E-state index is 14.0. The van der Waals surface area contributed by atoms with Crippen molar-refractivity contribution >= 4 is 11.8 Å². The van der Waals surface area contributed by atoms with Gasteiger partial charge in [-0.25, -0.2) is 4.39 Å². The molecule has 2 aromatic carbocycles. The molecule has 1 saturated heterocycles. The topological polar surface area (TPSA) is 61.4 Å². The van der Waals surface area contributed by atoms with Crippen LogP contribution < -0.4 is 10.6 Å². The van der Waals surface area contributed by atoms with Crippen LogP contribution >= 0.6 is 0 Å². The van der Waals surface area contributed by atoms with Crippen molar-refractivity contribution in [2.45, 2.75) is 37.9 Å². The van der Waals surface area contributed by atoms with Gasteiger partial charge in [-0.05, 0) is 30.0 Å². The van der Waals surface area contributed by atoms with Gasteiger partial charge >= 0.3 is 0 Å². The van der Waals surface area contributed by atoms with E-state index < -0.39 is 6.04 Å². The van der Waals surface area contributed by atoms with E-state index in [4.69, 9.17) is 0 Å². The number of carbonyl (C=O) groups is 2. The highest BCUT2D eigenvalue weighted by Gasteiger charge is 2.33. The first kappa shape index (κ1) is 18.6. The zero-order valence-electron chi connectivity index (χ0n) is 15.7. The lowest BCUT2D eigenvalue weighted by Crippen LogP contribution is -2.56. The standard InChI is InChI=1S/C22H24FN3O2/c23-19-8-4-3-7-17(19)14-26-10-9-24-22(28)20(26)13-21(27)25-18-11-15-5-1-2-6-16(15)12-18/h1-8,18,20H,9-14H2,(H,24,28)(H,25,27). The lowest BCUT2D eigenvalue weighted by atomic mass is 10.1. The van der Waals surface area contributed by atoms with E-state index >= 15 is 0 Å². The summed E-state index contributed by atoms with van der Waals surface area (Å²) in [6, 6.07) is 14.2. The van der Waals surface area contributed by atoms with Gasteiger partial charge in [0.1, 0.15) is 5.82 Å². The normalized spacial score (nSPS) is 19.9. The molecule has 1 unspecified atom stereocenters. The van der Waals surface area contributed by atoms with Crippen molar-refractivity contribution in [3.63, 3.8) is 0 Å². The number of nitrogens with one attached hydrogen (secondary N) is 2. The minimum Gasteiger partial charge on any atom is -0.353 e. The van der Waals surface area contributed by atoms with Crippen LogP contribution in [0.15, 0.2) is 48.5 Å². The monoisotopic (exact) mass is 381 g/mol. The molecule has 2 aromatic rings. The van der Waals surface area contributed by atoms with Crippen LogP contribution in [0.3, 0.4) is 0 Å².